The first-order chi connectivity index (χ1) is 10.1. The number of aryl methyl sites for hydroxylation is 1. The quantitative estimate of drug-likeness (QED) is 0.680. The van der Waals surface area contributed by atoms with Crippen molar-refractivity contribution in [1.82, 2.24) is 5.43 Å². The Labute approximate surface area is 132 Å². The van der Waals surface area contributed by atoms with E-state index in [4.69, 9.17) is 4.74 Å². The minimum atomic E-state index is -0.234. The smallest absolute Gasteiger partial charge is 0.271 e. The van der Waals surface area contributed by atoms with Gasteiger partial charge in [-0.2, -0.15) is 5.10 Å². The summed E-state index contributed by atoms with van der Waals surface area (Å²) < 4.78 is 5.98. The van der Waals surface area contributed by atoms with Crippen LogP contribution in [0.4, 0.5) is 0 Å². The van der Waals surface area contributed by atoms with E-state index in [1.165, 1.54) is 0 Å². The van der Waals surface area contributed by atoms with Gasteiger partial charge in [0.2, 0.25) is 0 Å². The highest BCUT2D eigenvalue weighted by Gasteiger charge is 2.03. The van der Waals surface area contributed by atoms with Gasteiger partial charge in [0.05, 0.1) is 17.8 Å². The van der Waals surface area contributed by atoms with Gasteiger partial charge in [-0.3, -0.25) is 4.79 Å². The van der Waals surface area contributed by atoms with Crippen LogP contribution in [0.1, 0.15) is 21.5 Å². The molecule has 0 bridgehead atoms. The number of amides is 1. The van der Waals surface area contributed by atoms with Crippen LogP contribution < -0.4 is 10.2 Å². The summed E-state index contributed by atoms with van der Waals surface area (Å²) in [6.45, 7) is 1.94. The number of hydrazone groups is 1. The van der Waals surface area contributed by atoms with Crippen molar-refractivity contribution in [2.45, 2.75) is 6.92 Å². The Kier molecular flexibility index (Phi) is 5.11. The topological polar surface area (TPSA) is 50.7 Å². The Morgan fingerprint density at radius 1 is 1.29 bits per heavy atom. The zero-order valence-electron chi connectivity index (χ0n) is 11.8. The van der Waals surface area contributed by atoms with Gasteiger partial charge in [-0.1, -0.05) is 17.7 Å². The van der Waals surface area contributed by atoms with Gasteiger partial charge in [-0.05, 0) is 58.7 Å². The van der Waals surface area contributed by atoms with Crippen LogP contribution in [0, 0.1) is 6.92 Å². The van der Waals surface area contributed by atoms with E-state index in [9.17, 15) is 4.79 Å². The van der Waals surface area contributed by atoms with E-state index in [-0.39, 0.29) is 5.91 Å². The van der Waals surface area contributed by atoms with Crippen LogP contribution in [-0.2, 0) is 0 Å². The lowest BCUT2D eigenvalue weighted by Crippen LogP contribution is -2.17. The normalized spacial score (nSPS) is 10.6. The molecule has 0 aliphatic carbocycles. The molecule has 0 saturated heterocycles. The van der Waals surface area contributed by atoms with Gasteiger partial charge < -0.3 is 4.74 Å². The molecule has 0 unspecified atom stereocenters. The molecular weight excluding hydrogens is 332 g/mol. The maximum absolute atomic E-state index is 11.9. The van der Waals surface area contributed by atoms with Gasteiger partial charge in [0, 0.05) is 5.56 Å². The molecule has 2 aromatic carbocycles. The summed E-state index contributed by atoms with van der Waals surface area (Å²) in [7, 11) is 1.61. The van der Waals surface area contributed by atoms with E-state index >= 15 is 0 Å². The third-order valence-corrected chi connectivity index (χ3v) is 3.46. The maximum atomic E-state index is 11.9. The minimum Gasteiger partial charge on any atom is -0.496 e. The van der Waals surface area contributed by atoms with Gasteiger partial charge in [-0.15, -0.1) is 0 Å². The van der Waals surface area contributed by atoms with E-state index in [0.717, 1.165) is 21.3 Å². The lowest BCUT2D eigenvalue weighted by molar-refractivity contribution is 0.0955. The molecule has 5 heteroatoms. The van der Waals surface area contributed by atoms with Crippen LogP contribution in [0.25, 0.3) is 0 Å². The van der Waals surface area contributed by atoms with Crippen LogP contribution in [-0.4, -0.2) is 19.2 Å². The van der Waals surface area contributed by atoms with Gasteiger partial charge in [0.1, 0.15) is 5.75 Å². The summed E-state index contributed by atoms with van der Waals surface area (Å²) in [6.07, 6.45) is 1.58. The molecule has 4 nitrogen and oxygen atoms in total. The van der Waals surface area contributed by atoms with E-state index in [1.807, 2.05) is 43.3 Å². The van der Waals surface area contributed by atoms with Crippen molar-refractivity contribution in [2.24, 2.45) is 5.10 Å². The van der Waals surface area contributed by atoms with Gasteiger partial charge in [0.25, 0.3) is 5.91 Å². The lowest BCUT2D eigenvalue weighted by Gasteiger charge is -2.03. The number of carbonyl (C=O) groups excluding carboxylic acids is 1. The van der Waals surface area contributed by atoms with E-state index in [2.05, 4.69) is 26.5 Å². The SMILES string of the molecule is COc1ccc(/C=N\NC(=O)c2cccc(C)c2)cc1Br. The third-order valence-electron chi connectivity index (χ3n) is 2.84. The molecule has 108 valence electrons. The number of hydrogen-bond acceptors (Lipinski definition) is 3. The second-order valence-electron chi connectivity index (χ2n) is 4.46. The van der Waals surface area contributed by atoms with Crippen LogP contribution in [0.5, 0.6) is 5.75 Å². The minimum absolute atomic E-state index is 0.234. The first-order valence-electron chi connectivity index (χ1n) is 6.34. The van der Waals surface area contributed by atoms with E-state index in [0.29, 0.717) is 5.56 Å². The molecule has 0 aliphatic rings. The standard InChI is InChI=1S/C16H15BrN2O2/c1-11-4-3-5-13(8-11)16(20)19-18-10-12-6-7-15(21-2)14(17)9-12/h3-10H,1-2H3,(H,19,20)/b18-10-. The molecule has 0 aromatic heterocycles. The maximum Gasteiger partial charge on any atom is 0.271 e. The largest absolute Gasteiger partial charge is 0.496 e. The highest BCUT2D eigenvalue weighted by molar-refractivity contribution is 9.10. The summed E-state index contributed by atoms with van der Waals surface area (Å²) in [5.41, 5.74) is 4.98. The molecule has 2 aromatic rings. The predicted octanol–water partition coefficient (Wildman–Crippen LogP) is 3.53. The summed E-state index contributed by atoms with van der Waals surface area (Å²) >= 11 is 3.40. The second kappa shape index (κ2) is 7.04. The Hall–Kier alpha value is -2.14. The number of nitrogens with one attached hydrogen (secondary N) is 1. The van der Waals surface area contributed by atoms with Crippen molar-refractivity contribution in [3.8, 4) is 5.75 Å². The van der Waals surface area contributed by atoms with E-state index in [1.54, 1.807) is 19.4 Å². The monoisotopic (exact) mass is 346 g/mol. The van der Waals surface area contributed by atoms with Gasteiger partial charge in [0.15, 0.2) is 0 Å². The molecular formula is C16H15BrN2O2. The molecule has 1 amide bonds. The number of hydrogen-bond donors (Lipinski definition) is 1. The van der Waals surface area contributed by atoms with Crippen molar-refractivity contribution in [3.63, 3.8) is 0 Å². The van der Waals surface area contributed by atoms with Crippen LogP contribution in [0.3, 0.4) is 0 Å². The summed E-state index contributed by atoms with van der Waals surface area (Å²) in [6, 6.07) is 12.9. The zero-order chi connectivity index (χ0) is 15.2. The average molecular weight is 347 g/mol. The van der Waals surface area contributed by atoms with Gasteiger partial charge in [-0.25, -0.2) is 5.43 Å². The molecule has 0 radical (unpaired) electrons. The van der Waals surface area contributed by atoms with E-state index < -0.39 is 0 Å². The number of rotatable bonds is 4. The Morgan fingerprint density at radius 3 is 2.76 bits per heavy atom. The highest BCUT2D eigenvalue weighted by Crippen LogP contribution is 2.24. The first kappa shape index (κ1) is 15.3. The Balaban J connectivity index is 2.02. The number of carbonyl (C=O) groups is 1. The highest BCUT2D eigenvalue weighted by atomic mass is 79.9. The van der Waals surface area contributed by atoms with Crippen molar-refractivity contribution in [2.75, 3.05) is 7.11 Å². The number of halogens is 1. The summed E-state index contributed by atoms with van der Waals surface area (Å²) in [4.78, 5) is 11.9. The zero-order valence-corrected chi connectivity index (χ0v) is 13.3. The lowest BCUT2D eigenvalue weighted by atomic mass is 10.1. The first-order valence-corrected chi connectivity index (χ1v) is 7.13. The fourth-order valence-corrected chi connectivity index (χ4v) is 2.34. The number of nitrogens with zero attached hydrogens (tertiary/aromatic N) is 1. The summed E-state index contributed by atoms with van der Waals surface area (Å²) in [5, 5.41) is 3.96. The van der Waals surface area contributed by atoms with Crippen molar-refractivity contribution in [3.05, 3.63) is 63.6 Å². The van der Waals surface area contributed by atoms with Crippen molar-refractivity contribution in [1.29, 1.82) is 0 Å². The molecule has 0 atom stereocenters. The van der Waals surface area contributed by atoms with Crippen LogP contribution in [0.15, 0.2) is 52.0 Å². The average Bonchev–Trinajstić information content (AvgIpc) is 2.47. The molecule has 2 rings (SSSR count). The molecule has 21 heavy (non-hydrogen) atoms. The Morgan fingerprint density at radius 2 is 2.10 bits per heavy atom. The summed E-state index contributed by atoms with van der Waals surface area (Å²) in [5.74, 6) is 0.512. The molecule has 0 saturated carbocycles. The van der Waals surface area contributed by atoms with Crippen LogP contribution >= 0.6 is 15.9 Å². The van der Waals surface area contributed by atoms with Crippen molar-refractivity contribution < 1.29 is 9.53 Å². The molecule has 0 aliphatic heterocycles. The van der Waals surface area contributed by atoms with Gasteiger partial charge >= 0.3 is 0 Å². The Bertz CT molecular complexity index is 684. The molecule has 0 heterocycles. The molecule has 1 N–H and O–H groups in total. The predicted molar refractivity (Wildman–Crippen MR) is 86.9 cm³/mol. The molecule has 0 fully saturated rings. The second-order valence-corrected chi connectivity index (χ2v) is 5.32. The number of benzene rings is 2. The number of methoxy groups -OCH3 is 1. The number of ether oxygens (including phenoxy) is 1. The fraction of sp³-hybridized carbons (Fsp3) is 0.125. The van der Waals surface area contributed by atoms with Crippen LogP contribution in [0.2, 0.25) is 0 Å². The fourth-order valence-electron chi connectivity index (χ4n) is 1.78. The molecule has 0 spiro atoms. The third kappa shape index (κ3) is 4.16. The van der Waals surface area contributed by atoms with Crippen molar-refractivity contribution >= 4 is 28.1 Å².